The SMILES string of the molecule is C=CCn1c(=O)c2ccccc2n(CC(=O)Nc2ccc(C(=O)OCC)cc2)c1=O. The number of esters is 1. The van der Waals surface area contributed by atoms with Crippen LogP contribution in [0, 0.1) is 0 Å². The van der Waals surface area contributed by atoms with E-state index in [-0.39, 0.29) is 19.7 Å². The molecule has 0 saturated carbocycles. The van der Waals surface area contributed by atoms with Crippen LogP contribution in [0.1, 0.15) is 17.3 Å². The van der Waals surface area contributed by atoms with Gasteiger partial charge in [0.05, 0.1) is 23.1 Å². The second-order valence-corrected chi connectivity index (χ2v) is 6.44. The number of amides is 1. The van der Waals surface area contributed by atoms with Gasteiger partial charge in [-0.05, 0) is 43.3 Å². The number of rotatable bonds is 7. The molecule has 0 saturated heterocycles. The summed E-state index contributed by atoms with van der Waals surface area (Å²) in [5, 5.41) is 3.03. The summed E-state index contributed by atoms with van der Waals surface area (Å²) in [4.78, 5) is 49.7. The number of hydrogen-bond donors (Lipinski definition) is 1. The molecule has 1 heterocycles. The highest BCUT2D eigenvalue weighted by Crippen LogP contribution is 2.12. The van der Waals surface area contributed by atoms with Gasteiger partial charge in [-0.3, -0.25) is 18.7 Å². The van der Waals surface area contributed by atoms with Crippen LogP contribution in [0.25, 0.3) is 10.9 Å². The van der Waals surface area contributed by atoms with Crippen molar-refractivity contribution in [3.05, 3.63) is 87.6 Å². The Bertz CT molecular complexity index is 1220. The number of carbonyl (C=O) groups is 2. The summed E-state index contributed by atoms with van der Waals surface area (Å²) in [6.07, 6.45) is 1.45. The lowest BCUT2D eigenvalue weighted by molar-refractivity contribution is -0.116. The fourth-order valence-corrected chi connectivity index (χ4v) is 3.06. The normalized spacial score (nSPS) is 10.6. The molecule has 30 heavy (non-hydrogen) atoms. The van der Waals surface area contributed by atoms with Crippen molar-refractivity contribution in [2.75, 3.05) is 11.9 Å². The highest BCUT2D eigenvalue weighted by Gasteiger charge is 2.15. The first-order valence-corrected chi connectivity index (χ1v) is 9.36. The number of para-hydroxylation sites is 1. The minimum absolute atomic E-state index is 0.0411. The Morgan fingerprint density at radius 1 is 1.07 bits per heavy atom. The number of benzene rings is 2. The van der Waals surface area contributed by atoms with E-state index >= 15 is 0 Å². The van der Waals surface area contributed by atoms with Crippen molar-refractivity contribution in [3.8, 4) is 0 Å². The smallest absolute Gasteiger partial charge is 0.338 e. The molecule has 0 aliphatic rings. The van der Waals surface area contributed by atoms with E-state index in [0.717, 1.165) is 4.57 Å². The molecular weight excluding hydrogens is 386 g/mol. The average Bonchev–Trinajstić information content (AvgIpc) is 2.75. The predicted octanol–water partition coefficient (Wildman–Crippen LogP) is 2.16. The molecule has 1 N–H and O–H groups in total. The van der Waals surface area contributed by atoms with E-state index in [1.165, 1.54) is 10.6 Å². The van der Waals surface area contributed by atoms with Crippen molar-refractivity contribution < 1.29 is 14.3 Å². The molecule has 0 spiro atoms. The number of ether oxygens (including phenoxy) is 1. The third-order valence-corrected chi connectivity index (χ3v) is 4.43. The van der Waals surface area contributed by atoms with E-state index in [1.54, 1.807) is 55.5 Å². The third-order valence-electron chi connectivity index (χ3n) is 4.43. The van der Waals surface area contributed by atoms with Gasteiger partial charge in [-0.15, -0.1) is 6.58 Å². The van der Waals surface area contributed by atoms with Crippen LogP contribution in [-0.4, -0.2) is 27.6 Å². The van der Waals surface area contributed by atoms with Crippen LogP contribution in [0.4, 0.5) is 5.69 Å². The Hall–Kier alpha value is -3.94. The summed E-state index contributed by atoms with van der Waals surface area (Å²) >= 11 is 0. The molecule has 3 rings (SSSR count). The van der Waals surface area contributed by atoms with Gasteiger partial charge in [-0.25, -0.2) is 9.59 Å². The average molecular weight is 407 g/mol. The molecule has 0 unspecified atom stereocenters. The zero-order valence-corrected chi connectivity index (χ0v) is 16.5. The fourth-order valence-electron chi connectivity index (χ4n) is 3.06. The molecule has 8 heteroatoms. The Labute approximate surface area is 172 Å². The van der Waals surface area contributed by atoms with Crippen molar-refractivity contribution in [2.24, 2.45) is 0 Å². The Morgan fingerprint density at radius 3 is 2.43 bits per heavy atom. The number of allylic oxidation sites excluding steroid dienone is 1. The summed E-state index contributed by atoms with van der Waals surface area (Å²) in [5.41, 5.74) is 0.187. The van der Waals surface area contributed by atoms with Gasteiger partial charge in [0.25, 0.3) is 5.56 Å². The molecule has 0 aliphatic carbocycles. The van der Waals surface area contributed by atoms with Crippen LogP contribution in [0.15, 0.2) is 70.8 Å². The van der Waals surface area contributed by atoms with Gasteiger partial charge in [0.2, 0.25) is 5.91 Å². The highest BCUT2D eigenvalue weighted by molar-refractivity contribution is 5.93. The maximum atomic E-state index is 12.8. The van der Waals surface area contributed by atoms with E-state index in [1.807, 2.05) is 0 Å². The van der Waals surface area contributed by atoms with E-state index in [0.29, 0.717) is 22.2 Å². The summed E-state index contributed by atoms with van der Waals surface area (Å²) in [6, 6.07) is 12.9. The molecule has 8 nitrogen and oxygen atoms in total. The van der Waals surface area contributed by atoms with Gasteiger partial charge >= 0.3 is 11.7 Å². The first kappa shape index (κ1) is 20.8. The van der Waals surface area contributed by atoms with Crippen LogP contribution in [0.5, 0.6) is 0 Å². The predicted molar refractivity (Wildman–Crippen MR) is 114 cm³/mol. The molecule has 0 radical (unpaired) electrons. The standard InChI is InChI=1S/C22H21N3O5/c1-3-13-24-20(27)17-7-5-6-8-18(17)25(22(24)29)14-19(26)23-16-11-9-15(10-12-16)21(28)30-4-2/h3,5-12H,1,4,13-14H2,2H3,(H,23,26). The van der Waals surface area contributed by atoms with Gasteiger partial charge in [0.1, 0.15) is 6.54 Å². The Morgan fingerprint density at radius 2 is 1.77 bits per heavy atom. The zero-order chi connectivity index (χ0) is 21.7. The number of fused-ring (bicyclic) bond motifs is 1. The zero-order valence-electron chi connectivity index (χ0n) is 16.5. The number of nitrogens with one attached hydrogen (secondary N) is 1. The molecule has 0 fully saturated rings. The van der Waals surface area contributed by atoms with E-state index < -0.39 is 23.1 Å². The monoisotopic (exact) mass is 407 g/mol. The van der Waals surface area contributed by atoms with Crippen molar-refractivity contribution in [1.82, 2.24) is 9.13 Å². The maximum Gasteiger partial charge on any atom is 0.338 e. The van der Waals surface area contributed by atoms with Gasteiger partial charge < -0.3 is 10.1 Å². The number of carbonyl (C=O) groups excluding carboxylic acids is 2. The van der Waals surface area contributed by atoms with Gasteiger partial charge in [0.15, 0.2) is 0 Å². The molecule has 2 aromatic carbocycles. The lowest BCUT2D eigenvalue weighted by atomic mass is 10.2. The van der Waals surface area contributed by atoms with Gasteiger partial charge in [0, 0.05) is 12.2 Å². The summed E-state index contributed by atoms with van der Waals surface area (Å²) in [5.74, 6) is -0.896. The van der Waals surface area contributed by atoms with E-state index in [2.05, 4.69) is 11.9 Å². The number of anilines is 1. The Kier molecular flexibility index (Phi) is 6.26. The largest absolute Gasteiger partial charge is 0.462 e. The van der Waals surface area contributed by atoms with Crippen LogP contribution < -0.4 is 16.6 Å². The second-order valence-electron chi connectivity index (χ2n) is 6.44. The van der Waals surface area contributed by atoms with E-state index in [9.17, 15) is 19.2 Å². The van der Waals surface area contributed by atoms with Crippen molar-refractivity contribution in [3.63, 3.8) is 0 Å². The third kappa shape index (κ3) is 4.22. The molecule has 3 aromatic rings. The molecule has 1 amide bonds. The van der Waals surface area contributed by atoms with Crippen molar-refractivity contribution in [2.45, 2.75) is 20.0 Å². The summed E-state index contributed by atoms with van der Waals surface area (Å²) < 4.78 is 7.21. The molecule has 0 aliphatic heterocycles. The van der Waals surface area contributed by atoms with E-state index in [4.69, 9.17) is 4.74 Å². The molecule has 1 aromatic heterocycles. The minimum Gasteiger partial charge on any atom is -0.462 e. The maximum absolute atomic E-state index is 12.8. The van der Waals surface area contributed by atoms with Crippen LogP contribution in [-0.2, 0) is 22.6 Å². The molecule has 0 atom stereocenters. The van der Waals surface area contributed by atoms with Gasteiger partial charge in [-0.1, -0.05) is 18.2 Å². The quantitative estimate of drug-likeness (QED) is 0.478. The minimum atomic E-state index is -0.591. The summed E-state index contributed by atoms with van der Waals surface area (Å²) in [7, 11) is 0. The van der Waals surface area contributed by atoms with Crippen LogP contribution in [0.3, 0.4) is 0 Å². The lowest BCUT2D eigenvalue weighted by Gasteiger charge is -2.13. The van der Waals surface area contributed by atoms with Gasteiger partial charge in [-0.2, -0.15) is 0 Å². The first-order valence-electron chi connectivity index (χ1n) is 9.36. The first-order chi connectivity index (χ1) is 14.5. The van der Waals surface area contributed by atoms with Crippen LogP contribution >= 0.6 is 0 Å². The highest BCUT2D eigenvalue weighted by atomic mass is 16.5. The number of aromatic nitrogens is 2. The topological polar surface area (TPSA) is 99.4 Å². The fraction of sp³-hybridized carbons (Fsp3) is 0.182. The van der Waals surface area contributed by atoms with Crippen molar-refractivity contribution >= 4 is 28.5 Å². The summed E-state index contributed by atoms with van der Waals surface area (Å²) in [6.45, 7) is 5.33. The van der Waals surface area contributed by atoms with Crippen LogP contribution in [0.2, 0.25) is 0 Å². The lowest BCUT2D eigenvalue weighted by Crippen LogP contribution is -2.41. The molecule has 154 valence electrons. The second kappa shape index (κ2) is 9.04. The molecule has 0 bridgehead atoms. The number of nitrogens with zero attached hydrogens (tertiary/aromatic N) is 2. The number of hydrogen-bond acceptors (Lipinski definition) is 5. The Balaban J connectivity index is 1.88. The molecular formula is C22H21N3O5. The van der Waals surface area contributed by atoms with Crippen molar-refractivity contribution in [1.29, 1.82) is 0 Å².